The number of nitrogens with one attached hydrogen (secondary N) is 1. The van der Waals surface area contributed by atoms with Crippen molar-refractivity contribution in [2.75, 3.05) is 33.2 Å². The summed E-state index contributed by atoms with van der Waals surface area (Å²) in [5, 5.41) is 3.62. The Labute approximate surface area is 114 Å². The molecule has 1 fully saturated rings. The molecule has 0 saturated carbocycles. The Hall–Kier alpha value is -0.120. The standard InChI is InChI=1S/C15H33N3/c1-7-15(9-16-8-12(2)3)18-10-13(4)17(6)14(5)11-18/h12-16H,7-11H2,1-6H3. The molecule has 1 aliphatic rings. The number of hydrogen-bond donors (Lipinski definition) is 1. The Morgan fingerprint density at radius 3 is 2.11 bits per heavy atom. The lowest BCUT2D eigenvalue weighted by Gasteiger charge is -2.45. The number of piperazine rings is 1. The maximum atomic E-state index is 3.62. The molecule has 3 heteroatoms. The predicted molar refractivity (Wildman–Crippen MR) is 80.0 cm³/mol. The Morgan fingerprint density at radius 2 is 1.67 bits per heavy atom. The van der Waals surface area contributed by atoms with E-state index in [2.05, 4.69) is 56.8 Å². The van der Waals surface area contributed by atoms with Crippen LogP contribution in [0.3, 0.4) is 0 Å². The average molecular weight is 255 g/mol. The topological polar surface area (TPSA) is 18.5 Å². The van der Waals surface area contributed by atoms with Gasteiger partial charge >= 0.3 is 0 Å². The molecule has 0 bridgehead atoms. The Bertz CT molecular complexity index is 218. The zero-order valence-electron chi connectivity index (χ0n) is 13.2. The summed E-state index contributed by atoms with van der Waals surface area (Å²) in [7, 11) is 2.25. The molecule has 0 aromatic carbocycles. The first-order valence-electron chi connectivity index (χ1n) is 7.62. The maximum absolute atomic E-state index is 3.62. The van der Waals surface area contributed by atoms with E-state index in [1.807, 2.05) is 0 Å². The molecule has 0 aromatic heterocycles. The quantitative estimate of drug-likeness (QED) is 0.783. The summed E-state index contributed by atoms with van der Waals surface area (Å²) < 4.78 is 0. The number of hydrogen-bond acceptors (Lipinski definition) is 3. The SMILES string of the molecule is CCC(CNCC(C)C)N1CC(C)N(C)C(C)C1. The minimum Gasteiger partial charge on any atom is -0.315 e. The predicted octanol–water partition coefficient (Wildman–Crippen LogP) is 2.03. The lowest BCUT2D eigenvalue weighted by molar-refractivity contribution is 0.0323. The molecule has 1 saturated heterocycles. The molecule has 0 spiro atoms. The van der Waals surface area contributed by atoms with Gasteiger partial charge in [0.2, 0.25) is 0 Å². The van der Waals surface area contributed by atoms with Crippen LogP contribution in [0.2, 0.25) is 0 Å². The highest BCUT2D eigenvalue weighted by Crippen LogP contribution is 2.17. The third-order valence-corrected chi connectivity index (χ3v) is 4.31. The zero-order valence-corrected chi connectivity index (χ0v) is 13.2. The second-order valence-corrected chi connectivity index (χ2v) is 6.43. The Morgan fingerprint density at radius 1 is 1.11 bits per heavy atom. The van der Waals surface area contributed by atoms with E-state index in [1.54, 1.807) is 0 Å². The van der Waals surface area contributed by atoms with E-state index >= 15 is 0 Å². The van der Waals surface area contributed by atoms with Gasteiger partial charge in [-0.25, -0.2) is 0 Å². The van der Waals surface area contributed by atoms with Gasteiger partial charge in [0.25, 0.3) is 0 Å². The first kappa shape index (κ1) is 15.9. The fourth-order valence-electron chi connectivity index (χ4n) is 2.81. The number of likely N-dealkylation sites (N-methyl/N-ethyl adjacent to an activating group) is 1. The summed E-state index contributed by atoms with van der Waals surface area (Å²) >= 11 is 0. The second kappa shape index (κ2) is 7.46. The highest BCUT2D eigenvalue weighted by molar-refractivity contribution is 4.86. The first-order valence-corrected chi connectivity index (χ1v) is 7.62. The van der Waals surface area contributed by atoms with E-state index in [9.17, 15) is 0 Å². The summed E-state index contributed by atoms with van der Waals surface area (Å²) in [5.41, 5.74) is 0. The molecule has 0 radical (unpaired) electrons. The summed E-state index contributed by atoms with van der Waals surface area (Å²) in [6, 6.07) is 2.04. The van der Waals surface area contributed by atoms with E-state index in [1.165, 1.54) is 19.5 Å². The van der Waals surface area contributed by atoms with Gasteiger partial charge in [-0.2, -0.15) is 0 Å². The lowest BCUT2D eigenvalue weighted by Crippen LogP contribution is -2.59. The lowest BCUT2D eigenvalue weighted by atomic mass is 10.0. The van der Waals surface area contributed by atoms with Crippen molar-refractivity contribution in [2.45, 2.75) is 59.2 Å². The largest absolute Gasteiger partial charge is 0.315 e. The molecule has 1 N–H and O–H groups in total. The van der Waals surface area contributed by atoms with Gasteiger partial charge in [-0.3, -0.25) is 9.80 Å². The van der Waals surface area contributed by atoms with E-state index < -0.39 is 0 Å². The zero-order chi connectivity index (χ0) is 13.7. The van der Waals surface area contributed by atoms with Crippen LogP contribution < -0.4 is 5.32 Å². The minimum absolute atomic E-state index is 0.674. The molecule has 1 rings (SSSR count). The smallest absolute Gasteiger partial charge is 0.0219 e. The average Bonchev–Trinajstić information content (AvgIpc) is 2.30. The van der Waals surface area contributed by atoms with Gasteiger partial charge in [-0.15, -0.1) is 0 Å². The molecule has 0 amide bonds. The van der Waals surface area contributed by atoms with Crippen LogP contribution in [0, 0.1) is 5.92 Å². The third-order valence-electron chi connectivity index (χ3n) is 4.31. The van der Waals surface area contributed by atoms with Crippen molar-refractivity contribution in [3.63, 3.8) is 0 Å². The molecular formula is C15H33N3. The molecule has 1 heterocycles. The van der Waals surface area contributed by atoms with Gasteiger partial charge in [0.1, 0.15) is 0 Å². The fourth-order valence-corrected chi connectivity index (χ4v) is 2.81. The monoisotopic (exact) mass is 255 g/mol. The Balaban J connectivity index is 2.44. The second-order valence-electron chi connectivity index (χ2n) is 6.43. The van der Waals surface area contributed by atoms with E-state index in [0.29, 0.717) is 18.1 Å². The van der Waals surface area contributed by atoms with Gasteiger partial charge in [0, 0.05) is 37.8 Å². The van der Waals surface area contributed by atoms with Crippen LogP contribution >= 0.6 is 0 Å². The molecule has 3 unspecified atom stereocenters. The molecule has 0 aliphatic carbocycles. The molecule has 3 nitrogen and oxygen atoms in total. The van der Waals surface area contributed by atoms with Crippen LogP contribution in [0.1, 0.15) is 41.0 Å². The van der Waals surface area contributed by atoms with E-state index in [-0.39, 0.29) is 0 Å². The van der Waals surface area contributed by atoms with Crippen LogP contribution in [-0.4, -0.2) is 61.2 Å². The highest BCUT2D eigenvalue weighted by atomic mass is 15.3. The molecule has 3 atom stereocenters. The third kappa shape index (κ3) is 4.52. The van der Waals surface area contributed by atoms with Crippen LogP contribution in [0.4, 0.5) is 0 Å². The summed E-state index contributed by atoms with van der Waals surface area (Å²) in [6.07, 6.45) is 1.24. The fraction of sp³-hybridized carbons (Fsp3) is 1.00. The van der Waals surface area contributed by atoms with Crippen molar-refractivity contribution in [3.8, 4) is 0 Å². The molecule has 18 heavy (non-hydrogen) atoms. The van der Waals surface area contributed by atoms with Gasteiger partial charge in [0.15, 0.2) is 0 Å². The molecular weight excluding hydrogens is 222 g/mol. The van der Waals surface area contributed by atoms with Crippen molar-refractivity contribution in [1.82, 2.24) is 15.1 Å². The van der Waals surface area contributed by atoms with Gasteiger partial charge in [0.05, 0.1) is 0 Å². The molecule has 0 aromatic rings. The van der Waals surface area contributed by atoms with Crippen LogP contribution in [0.15, 0.2) is 0 Å². The summed E-state index contributed by atoms with van der Waals surface area (Å²) in [4.78, 5) is 5.19. The summed E-state index contributed by atoms with van der Waals surface area (Å²) in [6.45, 7) is 16.2. The van der Waals surface area contributed by atoms with E-state index in [4.69, 9.17) is 0 Å². The van der Waals surface area contributed by atoms with Crippen molar-refractivity contribution in [1.29, 1.82) is 0 Å². The van der Waals surface area contributed by atoms with E-state index in [0.717, 1.165) is 19.0 Å². The minimum atomic E-state index is 0.674. The van der Waals surface area contributed by atoms with Crippen molar-refractivity contribution in [3.05, 3.63) is 0 Å². The maximum Gasteiger partial charge on any atom is 0.0219 e. The normalized spacial score (nSPS) is 28.8. The van der Waals surface area contributed by atoms with Crippen LogP contribution in [0.25, 0.3) is 0 Å². The van der Waals surface area contributed by atoms with Gasteiger partial charge < -0.3 is 5.32 Å². The number of nitrogens with zero attached hydrogens (tertiary/aromatic N) is 2. The Kier molecular flexibility index (Phi) is 6.61. The van der Waals surface area contributed by atoms with Gasteiger partial charge in [-0.1, -0.05) is 20.8 Å². The summed E-state index contributed by atoms with van der Waals surface area (Å²) in [5.74, 6) is 0.743. The van der Waals surface area contributed by atoms with Gasteiger partial charge in [-0.05, 0) is 39.8 Å². The van der Waals surface area contributed by atoms with Crippen LogP contribution in [0.5, 0.6) is 0 Å². The van der Waals surface area contributed by atoms with Crippen molar-refractivity contribution >= 4 is 0 Å². The number of rotatable bonds is 6. The highest BCUT2D eigenvalue weighted by Gasteiger charge is 2.29. The van der Waals surface area contributed by atoms with Crippen LogP contribution in [-0.2, 0) is 0 Å². The van der Waals surface area contributed by atoms with Crippen molar-refractivity contribution in [2.24, 2.45) is 5.92 Å². The molecule has 108 valence electrons. The first-order chi connectivity index (χ1) is 8.45. The van der Waals surface area contributed by atoms with Crippen molar-refractivity contribution < 1.29 is 0 Å². The molecule has 1 aliphatic heterocycles.